The van der Waals surface area contributed by atoms with E-state index < -0.39 is 54.7 Å². The average molecular weight is 313 g/mol. The number of aliphatic hydroxyl groups excluding tert-OH is 4. The van der Waals surface area contributed by atoms with Gasteiger partial charge in [0.25, 0.3) is 0 Å². The molecule has 0 aromatic rings. The number of aliphatic hydroxyl groups is 4. The molecule has 1 heterocycles. The van der Waals surface area contributed by atoms with Crippen LogP contribution in [0.4, 0.5) is 0 Å². The smallest absolute Gasteiger partial charge is 0.542 e. The molecule has 1 aliphatic heterocycles. The first kappa shape index (κ1) is 20.3. The third-order valence-corrected chi connectivity index (χ3v) is 2.80. The number of carbonyl (C=O) groups excluding carboxylic acids is 2. The molecule has 0 bridgehead atoms. The zero-order valence-corrected chi connectivity index (χ0v) is 13.6. The SMILES string of the molecule is CC(=O)NC1C(O)C=C(C(=O)[O-])OC1[C@@H](O)[C@@H](O)CO.[Na+]. The first-order valence-electron chi connectivity index (χ1n) is 5.80. The standard InChI is InChI=1S/C11H17NO8.Na/c1-4(14)12-8-5(15)2-7(11(18)19)20-10(8)9(17)6(16)3-13;/h2,5-6,8-10,13,15-17H,3H2,1H3,(H,12,14)(H,18,19);/q;+1/p-1/t5?,6-,8?,9-,10?;/m0./s1. The maximum atomic E-state index is 11.1. The molecule has 0 radical (unpaired) electrons. The van der Waals surface area contributed by atoms with Crippen molar-refractivity contribution in [3.63, 3.8) is 0 Å². The van der Waals surface area contributed by atoms with Crippen LogP contribution >= 0.6 is 0 Å². The van der Waals surface area contributed by atoms with Crippen LogP contribution in [-0.2, 0) is 14.3 Å². The molecule has 1 amide bonds. The number of aliphatic carboxylic acids is 1. The fourth-order valence-corrected chi connectivity index (χ4v) is 1.84. The van der Waals surface area contributed by atoms with Gasteiger partial charge in [0, 0.05) is 6.92 Å². The van der Waals surface area contributed by atoms with Gasteiger partial charge in [0.05, 0.1) is 18.8 Å². The summed E-state index contributed by atoms with van der Waals surface area (Å²) in [4.78, 5) is 21.8. The van der Waals surface area contributed by atoms with Gasteiger partial charge < -0.3 is 40.4 Å². The zero-order chi connectivity index (χ0) is 15.4. The van der Waals surface area contributed by atoms with Crippen LogP contribution in [0.1, 0.15) is 6.92 Å². The Kier molecular flexibility index (Phi) is 8.41. The van der Waals surface area contributed by atoms with Gasteiger partial charge in [0.15, 0.2) is 6.10 Å². The molecule has 0 spiro atoms. The van der Waals surface area contributed by atoms with Crippen LogP contribution in [0.2, 0.25) is 0 Å². The van der Waals surface area contributed by atoms with Crippen LogP contribution in [0.25, 0.3) is 0 Å². The maximum Gasteiger partial charge on any atom is 1.00 e. The first-order valence-corrected chi connectivity index (χ1v) is 5.80. The average Bonchev–Trinajstić information content (AvgIpc) is 2.38. The number of ether oxygens (including phenoxy) is 1. The molecule has 9 nitrogen and oxygen atoms in total. The Bertz CT molecular complexity index is 415. The molecule has 21 heavy (non-hydrogen) atoms. The molecule has 0 saturated heterocycles. The molecule has 1 rings (SSSR count). The second-order valence-corrected chi connectivity index (χ2v) is 4.36. The molecule has 0 saturated carbocycles. The molecule has 1 aliphatic rings. The third kappa shape index (κ3) is 5.22. The molecule has 5 N–H and O–H groups in total. The van der Waals surface area contributed by atoms with Crippen molar-refractivity contribution < 1.29 is 69.4 Å². The van der Waals surface area contributed by atoms with Crippen molar-refractivity contribution in [2.45, 2.75) is 37.4 Å². The molecule has 0 aromatic carbocycles. The summed E-state index contributed by atoms with van der Waals surface area (Å²) in [5.74, 6) is -3.01. The summed E-state index contributed by atoms with van der Waals surface area (Å²) < 4.78 is 4.92. The number of carboxylic acid groups (broad SMARTS) is 1. The molecule has 3 unspecified atom stereocenters. The molecule has 5 atom stereocenters. The predicted molar refractivity (Wildman–Crippen MR) is 60.7 cm³/mol. The first-order chi connectivity index (χ1) is 9.27. The summed E-state index contributed by atoms with van der Waals surface area (Å²) in [5, 5.41) is 50.8. The van der Waals surface area contributed by atoms with Gasteiger partial charge in [-0.1, -0.05) is 0 Å². The molecule has 114 valence electrons. The van der Waals surface area contributed by atoms with Crippen molar-refractivity contribution in [2.75, 3.05) is 6.61 Å². The summed E-state index contributed by atoms with van der Waals surface area (Å²) in [6, 6.07) is -1.19. The molecule has 0 aliphatic carbocycles. The van der Waals surface area contributed by atoms with Crippen LogP contribution in [-0.4, -0.2) is 69.4 Å². The Labute approximate surface area is 142 Å². The van der Waals surface area contributed by atoms with Crippen LogP contribution in [0.5, 0.6) is 0 Å². The Morgan fingerprint density at radius 1 is 1.48 bits per heavy atom. The number of hydrogen-bond donors (Lipinski definition) is 5. The van der Waals surface area contributed by atoms with E-state index >= 15 is 0 Å². The summed E-state index contributed by atoms with van der Waals surface area (Å²) in [5.41, 5.74) is 0. The molecule has 10 heteroatoms. The third-order valence-electron chi connectivity index (χ3n) is 2.80. The van der Waals surface area contributed by atoms with E-state index in [4.69, 9.17) is 9.84 Å². The van der Waals surface area contributed by atoms with Crippen molar-refractivity contribution in [2.24, 2.45) is 0 Å². The van der Waals surface area contributed by atoms with E-state index in [0.717, 1.165) is 13.0 Å². The minimum atomic E-state index is -1.73. The number of rotatable bonds is 5. The monoisotopic (exact) mass is 313 g/mol. The fourth-order valence-electron chi connectivity index (χ4n) is 1.84. The van der Waals surface area contributed by atoms with E-state index in [9.17, 15) is 30.0 Å². The largest absolute Gasteiger partial charge is 1.00 e. The van der Waals surface area contributed by atoms with Crippen LogP contribution in [0, 0.1) is 0 Å². The second kappa shape index (κ2) is 8.69. The van der Waals surface area contributed by atoms with Crippen LogP contribution in [0.15, 0.2) is 11.8 Å². The quantitative estimate of drug-likeness (QED) is 0.313. The minimum Gasteiger partial charge on any atom is -0.542 e. The number of hydrogen-bond acceptors (Lipinski definition) is 8. The van der Waals surface area contributed by atoms with Gasteiger partial charge in [-0.25, -0.2) is 0 Å². The molecule has 0 fully saturated rings. The van der Waals surface area contributed by atoms with Gasteiger partial charge in [0.2, 0.25) is 5.91 Å². The number of nitrogens with one attached hydrogen (secondary N) is 1. The molecular weight excluding hydrogens is 297 g/mol. The van der Waals surface area contributed by atoms with E-state index in [1.165, 1.54) is 0 Å². The normalized spacial score (nSPS) is 27.5. The van der Waals surface area contributed by atoms with E-state index in [0.29, 0.717) is 0 Å². The van der Waals surface area contributed by atoms with Crippen molar-refractivity contribution in [3.05, 3.63) is 11.8 Å². The van der Waals surface area contributed by atoms with Gasteiger partial charge in [-0.05, 0) is 6.08 Å². The van der Waals surface area contributed by atoms with E-state index in [2.05, 4.69) is 5.32 Å². The Hall–Kier alpha value is -0.680. The Morgan fingerprint density at radius 2 is 2.05 bits per heavy atom. The fraction of sp³-hybridized carbons (Fsp3) is 0.636. The van der Waals surface area contributed by atoms with Gasteiger partial charge in [-0.3, -0.25) is 4.79 Å². The van der Waals surface area contributed by atoms with Crippen molar-refractivity contribution in [1.82, 2.24) is 5.32 Å². The van der Waals surface area contributed by atoms with Crippen molar-refractivity contribution >= 4 is 11.9 Å². The number of carbonyl (C=O) groups is 2. The van der Waals surface area contributed by atoms with Gasteiger partial charge in [-0.2, -0.15) is 0 Å². The van der Waals surface area contributed by atoms with E-state index in [1.54, 1.807) is 0 Å². The second-order valence-electron chi connectivity index (χ2n) is 4.36. The van der Waals surface area contributed by atoms with Gasteiger partial charge in [0.1, 0.15) is 23.9 Å². The van der Waals surface area contributed by atoms with E-state index in [1.807, 2.05) is 0 Å². The van der Waals surface area contributed by atoms with E-state index in [-0.39, 0.29) is 29.6 Å². The minimum absolute atomic E-state index is 0. The molecular formula is C11H16NNaO8. The topological polar surface area (TPSA) is 159 Å². The Morgan fingerprint density at radius 3 is 2.48 bits per heavy atom. The molecule has 0 aromatic heterocycles. The maximum absolute atomic E-state index is 11.1. The van der Waals surface area contributed by atoms with Crippen molar-refractivity contribution in [3.8, 4) is 0 Å². The zero-order valence-electron chi connectivity index (χ0n) is 11.6. The number of carboxylic acids is 1. The van der Waals surface area contributed by atoms with Crippen LogP contribution < -0.4 is 40.0 Å². The van der Waals surface area contributed by atoms with Gasteiger partial charge in [-0.15, -0.1) is 0 Å². The summed E-state index contributed by atoms with van der Waals surface area (Å²) in [6.07, 6.45) is -5.48. The van der Waals surface area contributed by atoms with Crippen LogP contribution in [0.3, 0.4) is 0 Å². The summed E-state index contributed by atoms with van der Waals surface area (Å²) >= 11 is 0. The summed E-state index contributed by atoms with van der Waals surface area (Å²) in [7, 11) is 0. The predicted octanol–water partition coefficient (Wildman–Crippen LogP) is -7.40. The van der Waals surface area contributed by atoms with Gasteiger partial charge >= 0.3 is 29.6 Å². The number of amides is 1. The van der Waals surface area contributed by atoms with Crippen molar-refractivity contribution in [1.29, 1.82) is 0 Å². The Balaban J connectivity index is 0.00000400. The summed E-state index contributed by atoms with van der Waals surface area (Å²) in [6.45, 7) is 0.338.